The first-order valence-electron chi connectivity index (χ1n) is 8.72. The highest BCUT2D eigenvalue weighted by Crippen LogP contribution is 2.23. The number of hydrogen-bond donors (Lipinski definition) is 2. The lowest BCUT2D eigenvalue weighted by molar-refractivity contribution is -0.121. The number of rotatable bonds is 7. The number of carbonyl (C=O) groups excluding carboxylic acids is 1. The van der Waals surface area contributed by atoms with Gasteiger partial charge in [-0.25, -0.2) is 0 Å². The summed E-state index contributed by atoms with van der Waals surface area (Å²) in [7, 11) is 1.97. The van der Waals surface area contributed by atoms with Crippen LogP contribution in [0.1, 0.15) is 24.6 Å². The molecule has 3 aromatic rings. The van der Waals surface area contributed by atoms with Crippen molar-refractivity contribution < 1.29 is 4.79 Å². The van der Waals surface area contributed by atoms with Crippen LogP contribution in [0.3, 0.4) is 0 Å². The molecule has 0 radical (unpaired) electrons. The van der Waals surface area contributed by atoms with Crippen molar-refractivity contribution in [2.45, 2.75) is 32.9 Å². The van der Waals surface area contributed by atoms with Crippen LogP contribution in [-0.2, 0) is 11.3 Å². The maximum atomic E-state index is 12.7. The molecule has 5 nitrogen and oxygen atoms in total. The summed E-state index contributed by atoms with van der Waals surface area (Å²) in [5, 5.41) is 12.5. The number of nitrogens with one attached hydrogen (secondary N) is 2. The minimum Gasteiger partial charge on any atom is -0.325 e. The maximum absolute atomic E-state index is 12.7. The summed E-state index contributed by atoms with van der Waals surface area (Å²) in [6, 6.07) is 13.8. The van der Waals surface area contributed by atoms with Crippen LogP contribution in [0, 0.1) is 6.92 Å². The highest BCUT2D eigenvalue weighted by molar-refractivity contribution is 7.13. The second kappa shape index (κ2) is 8.29. The van der Waals surface area contributed by atoms with Gasteiger partial charge in [-0.3, -0.25) is 14.8 Å². The number of H-pyrrole nitrogens is 1. The molecule has 6 heteroatoms. The molecule has 26 heavy (non-hydrogen) atoms. The molecular formula is C20H24N4OS. The molecule has 1 atom stereocenters. The molecule has 0 aliphatic carbocycles. The first-order chi connectivity index (χ1) is 12.6. The van der Waals surface area contributed by atoms with E-state index >= 15 is 0 Å². The van der Waals surface area contributed by atoms with Crippen LogP contribution in [0.5, 0.6) is 0 Å². The van der Waals surface area contributed by atoms with Gasteiger partial charge in [0.1, 0.15) is 5.69 Å². The van der Waals surface area contributed by atoms with Crippen LogP contribution in [0.25, 0.3) is 10.6 Å². The van der Waals surface area contributed by atoms with E-state index in [1.807, 2.05) is 62.7 Å². The van der Waals surface area contributed by atoms with Crippen molar-refractivity contribution in [3.63, 3.8) is 0 Å². The molecule has 3 rings (SSSR count). The maximum Gasteiger partial charge on any atom is 0.241 e. The molecule has 2 heterocycles. The quantitative estimate of drug-likeness (QED) is 0.654. The van der Waals surface area contributed by atoms with E-state index in [9.17, 15) is 4.79 Å². The number of thiophene rings is 1. The van der Waals surface area contributed by atoms with Crippen molar-refractivity contribution in [2.24, 2.45) is 0 Å². The first kappa shape index (κ1) is 18.4. The molecule has 0 saturated heterocycles. The van der Waals surface area contributed by atoms with Crippen LogP contribution in [0.15, 0.2) is 47.8 Å². The SMILES string of the molecule is CCC(C(=O)Nc1ccc(C)cc1)N(C)Cc1cc(-c2cccs2)n[nH]1. The Bertz CT molecular complexity index is 839. The van der Waals surface area contributed by atoms with E-state index in [4.69, 9.17) is 0 Å². The monoisotopic (exact) mass is 368 g/mol. The summed E-state index contributed by atoms with van der Waals surface area (Å²) in [6.07, 6.45) is 0.736. The summed E-state index contributed by atoms with van der Waals surface area (Å²) in [5.41, 5.74) is 3.94. The second-order valence-corrected chi connectivity index (χ2v) is 7.40. The van der Waals surface area contributed by atoms with Crippen molar-refractivity contribution >= 4 is 22.9 Å². The molecular weight excluding hydrogens is 344 g/mol. The summed E-state index contributed by atoms with van der Waals surface area (Å²) >= 11 is 1.67. The zero-order chi connectivity index (χ0) is 18.5. The predicted octanol–water partition coefficient (Wildman–Crippen LogP) is 4.30. The number of benzene rings is 1. The molecule has 0 spiro atoms. The number of nitrogens with zero attached hydrogens (tertiary/aromatic N) is 2. The van der Waals surface area contributed by atoms with Crippen molar-refractivity contribution in [3.05, 3.63) is 59.1 Å². The second-order valence-electron chi connectivity index (χ2n) is 6.45. The van der Waals surface area contributed by atoms with E-state index in [-0.39, 0.29) is 11.9 Å². The Morgan fingerprint density at radius 1 is 1.31 bits per heavy atom. The minimum atomic E-state index is -0.204. The van der Waals surface area contributed by atoms with Gasteiger partial charge < -0.3 is 5.32 Å². The fourth-order valence-corrected chi connectivity index (χ4v) is 3.62. The lowest BCUT2D eigenvalue weighted by Crippen LogP contribution is -2.41. The molecule has 0 aliphatic rings. The number of carbonyl (C=O) groups is 1. The number of aromatic nitrogens is 2. The fraction of sp³-hybridized carbons (Fsp3) is 0.300. The Morgan fingerprint density at radius 2 is 2.08 bits per heavy atom. The Kier molecular flexibility index (Phi) is 5.85. The van der Waals surface area contributed by atoms with Crippen LogP contribution >= 0.6 is 11.3 Å². The number of anilines is 1. The molecule has 136 valence electrons. The molecule has 0 bridgehead atoms. The smallest absolute Gasteiger partial charge is 0.241 e. The van der Waals surface area contributed by atoms with Crippen LogP contribution in [0.4, 0.5) is 5.69 Å². The van der Waals surface area contributed by atoms with E-state index in [2.05, 4.69) is 26.5 Å². The van der Waals surface area contributed by atoms with Gasteiger partial charge in [-0.1, -0.05) is 30.7 Å². The Balaban J connectivity index is 1.63. The van der Waals surface area contributed by atoms with Gasteiger partial charge in [-0.2, -0.15) is 5.10 Å². The minimum absolute atomic E-state index is 0.0110. The number of hydrogen-bond acceptors (Lipinski definition) is 4. The normalized spacial score (nSPS) is 12.3. The molecule has 0 fully saturated rings. The van der Waals surface area contributed by atoms with Gasteiger partial charge >= 0.3 is 0 Å². The van der Waals surface area contributed by atoms with Gasteiger partial charge in [-0.05, 0) is 50.0 Å². The summed E-state index contributed by atoms with van der Waals surface area (Å²) in [4.78, 5) is 15.9. The van der Waals surface area contributed by atoms with Gasteiger partial charge in [0.25, 0.3) is 0 Å². The van der Waals surface area contributed by atoms with E-state index in [1.54, 1.807) is 11.3 Å². The van der Waals surface area contributed by atoms with Crippen molar-refractivity contribution in [3.8, 4) is 10.6 Å². The highest BCUT2D eigenvalue weighted by atomic mass is 32.1. The van der Waals surface area contributed by atoms with Crippen molar-refractivity contribution in [1.82, 2.24) is 15.1 Å². The average Bonchev–Trinajstić information content (AvgIpc) is 3.29. The standard InChI is InChI=1S/C20H24N4OS/c1-4-18(20(25)21-15-9-7-14(2)8-10-15)24(3)13-16-12-17(23-22-16)19-6-5-11-26-19/h5-12,18H,4,13H2,1-3H3,(H,21,25)(H,22,23). The number of likely N-dealkylation sites (N-methyl/N-ethyl adjacent to an activating group) is 1. The molecule has 2 aromatic heterocycles. The number of aromatic amines is 1. The zero-order valence-electron chi connectivity index (χ0n) is 15.3. The third-order valence-corrected chi connectivity index (χ3v) is 5.26. The molecule has 1 amide bonds. The van der Waals surface area contributed by atoms with Crippen LogP contribution < -0.4 is 5.32 Å². The molecule has 0 saturated carbocycles. The van der Waals surface area contributed by atoms with Gasteiger partial charge in [-0.15, -0.1) is 11.3 Å². The lowest BCUT2D eigenvalue weighted by Gasteiger charge is -2.25. The molecule has 1 aromatic carbocycles. The number of aryl methyl sites for hydroxylation is 1. The van der Waals surface area contributed by atoms with Gasteiger partial charge in [0.2, 0.25) is 5.91 Å². The van der Waals surface area contributed by atoms with E-state index < -0.39 is 0 Å². The Morgan fingerprint density at radius 3 is 2.73 bits per heavy atom. The summed E-state index contributed by atoms with van der Waals surface area (Å²) < 4.78 is 0. The summed E-state index contributed by atoms with van der Waals surface area (Å²) in [5.74, 6) is 0.0110. The molecule has 0 aliphatic heterocycles. The van der Waals surface area contributed by atoms with Gasteiger partial charge in [0.05, 0.1) is 10.9 Å². The number of amides is 1. The van der Waals surface area contributed by atoms with E-state index in [1.165, 1.54) is 5.56 Å². The third kappa shape index (κ3) is 4.39. The fourth-order valence-electron chi connectivity index (χ4n) is 2.93. The largest absolute Gasteiger partial charge is 0.325 e. The topological polar surface area (TPSA) is 61.0 Å². The Labute approximate surface area is 158 Å². The van der Waals surface area contributed by atoms with Gasteiger partial charge in [0, 0.05) is 17.9 Å². The van der Waals surface area contributed by atoms with Crippen LogP contribution in [0.2, 0.25) is 0 Å². The van der Waals surface area contributed by atoms with Gasteiger partial charge in [0.15, 0.2) is 0 Å². The van der Waals surface area contributed by atoms with E-state index in [0.29, 0.717) is 6.54 Å². The van der Waals surface area contributed by atoms with Crippen molar-refractivity contribution in [1.29, 1.82) is 0 Å². The average molecular weight is 369 g/mol. The Hall–Kier alpha value is -2.44. The third-order valence-electron chi connectivity index (χ3n) is 4.36. The molecule has 2 N–H and O–H groups in total. The predicted molar refractivity (Wildman–Crippen MR) is 107 cm³/mol. The first-order valence-corrected chi connectivity index (χ1v) is 9.60. The highest BCUT2D eigenvalue weighted by Gasteiger charge is 2.22. The lowest BCUT2D eigenvalue weighted by atomic mass is 10.1. The molecule has 1 unspecified atom stereocenters. The van der Waals surface area contributed by atoms with Crippen LogP contribution in [-0.4, -0.2) is 34.1 Å². The zero-order valence-corrected chi connectivity index (χ0v) is 16.1. The summed E-state index contributed by atoms with van der Waals surface area (Å²) in [6.45, 7) is 4.70. The van der Waals surface area contributed by atoms with E-state index in [0.717, 1.165) is 28.4 Å². The van der Waals surface area contributed by atoms with Crippen molar-refractivity contribution in [2.75, 3.05) is 12.4 Å².